The van der Waals surface area contributed by atoms with Gasteiger partial charge in [0.15, 0.2) is 5.96 Å². The number of aliphatic imine (C=N–C) groups is 1. The SMILES string of the molecule is CCNC(=NCCCn1nc2n(c1=O)CCCC2)NCCc1ncc(CC)s1.I. The summed E-state index contributed by atoms with van der Waals surface area (Å²) < 4.78 is 3.42. The molecule has 3 heterocycles. The molecule has 1 aliphatic rings. The van der Waals surface area contributed by atoms with Crippen molar-refractivity contribution in [3.8, 4) is 0 Å². The van der Waals surface area contributed by atoms with E-state index in [2.05, 4.69) is 39.6 Å². The number of nitrogens with one attached hydrogen (secondary N) is 2. The third kappa shape index (κ3) is 6.80. The van der Waals surface area contributed by atoms with E-state index in [0.29, 0.717) is 13.1 Å². The van der Waals surface area contributed by atoms with Crippen molar-refractivity contribution in [2.75, 3.05) is 19.6 Å². The Hall–Kier alpha value is -1.43. The maximum Gasteiger partial charge on any atom is 0.345 e. The van der Waals surface area contributed by atoms with Crippen molar-refractivity contribution in [3.05, 3.63) is 32.4 Å². The van der Waals surface area contributed by atoms with Gasteiger partial charge in [-0.25, -0.2) is 14.5 Å². The second-order valence-electron chi connectivity index (χ2n) is 6.90. The fourth-order valence-electron chi connectivity index (χ4n) is 3.26. The van der Waals surface area contributed by atoms with Crippen molar-refractivity contribution >= 4 is 41.3 Å². The highest BCUT2D eigenvalue weighted by Crippen LogP contribution is 2.13. The van der Waals surface area contributed by atoms with Gasteiger partial charge in [0.25, 0.3) is 0 Å². The molecule has 2 aromatic rings. The van der Waals surface area contributed by atoms with Crippen LogP contribution in [0.2, 0.25) is 0 Å². The van der Waals surface area contributed by atoms with Crippen molar-refractivity contribution in [1.82, 2.24) is 30.0 Å². The smallest absolute Gasteiger partial charge is 0.345 e. The zero-order valence-corrected chi connectivity index (χ0v) is 20.5. The van der Waals surface area contributed by atoms with Crippen LogP contribution in [0.25, 0.3) is 0 Å². The van der Waals surface area contributed by atoms with Gasteiger partial charge in [-0.3, -0.25) is 9.56 Å². The fourth-order valence-corrected chi connectivity index (χ4v) is 4.12. The molecule has 162 valence electrons. The molecule has 0 atom stereocenters. The first kappa shape index (κ1) is 23.8. The lowest BCUT2D eigenvalue weighted by Gasteiger charge is -2.10. The first-order valence-corrected chi connectivity index (χ1v) is 11.1. The summed E-state index contributed by atoms with van der Waals surface area (Å²) in [5.74, 6) is 1.74. The quantitative estimate of drug-likeness (QED) is 0.223. The third-order valence-electron chi connectivity index (χ3n) is 4.75. The number of aryl methyl sites for hydroxylation is 3. The molecule has 2 N–H and O–H groups in total. The highest BCUT2D eigenvalue weighted by Gasteiger charge is 2.16. The van der Waals surface area contributed by atoms with Gasteiger partial charge in [-0.2, -0.15) is 5.10 Å². The van der Waals surface area contributed by atoms with E-state index in [4.69, 9.17) is 0 Å². The van der Waals surface area contributed by atoms with Crippen molar-refractivity contribution in [2.24, 2.45) is 4.99 Å². The molecule has 0 bridgehead atoms. The Morgan fingerprint density at radius 3 is 2.90 bits per heavy atom. The summed E-state index contributed by atoms with van der Waals surface area (Å²) in [5.41, 5.74) is 0.0265. The number of aromatic nitrogens is 4. The summed E-state index contributed by atoms with van der Waals surface area (Å²) >= 11 is 1.78. The number of hydrogen-bond acceptors (Lipinski definition) is 5. The average molecular weight is 533 g/mol. The lowest BCUT2D eigenvalue weighted by molar-refractivity contribution is 0.509. The van der Waals surface area contributed by atoms with E-state index in [-0.39, 0.29) is 29.7 Å². The molecule has 1 aliphatic heterocycles. The molecule has 0 aromatic carbocycles. The molecule has 0 spiro atoms. The summed E-state index contributed by atoms with van der Waals surface area (Å²) in [6, 6.07) is 0. The van der Waals surface area contributed by atoms with Crippen molar-refractivity contribution in [1.29, 1.82) is 0 Å². The second-order valence-corrected chi connectivity index (χ2v) is 8.10. The molecule has 0 radical (unpaired) electrons. The van der Waals surface area contributed by atoms with E-state index in [1.54, 1.807) is 16.0 Å². The molecule has 10 heteroatoms. The van der Waals surface area contributed by atoms with Crippen molar-refractivity contribution in [3.63, 3.8) is 0 Å². The van der Waals surface area contributed by atoms with Gasteiger partial charge >= 0.3 is 5.69 Å². The first-order valence-electron chi connectivity index (χ1n) is 10.3. The monoisotopic (exact) mass is 533 g/mol. The number of fused-ring (bicyclic) bond motifs is 1. The Kier molecular flexibility index (Phi) is 10.1. The maximum absolute atomic E-state index is 12.3. The molecule has 29 heavy (non-hydrogen) atoms. The van der Waals surface area contributed by atoms with Crippen LogP contribution in [0.1, 0.15) is 48.8 Å². The molecule has 0 unspecified atom stereocenters. The van der Waals surface area contributed by atoms with Gasteiger partial charge in [-0.15, -0.1) is 35.3 Å². The summed E-state index contributed by atoms with van der Waals surface area (Å²) in [4.78, 5) is 22.7. The molecule has 8 nitrogen and oxygen atoms in total. The molecule has 0 saturated carbocycles. The minimum atomic E-state index is 0. The van der Waals surface area contributed by atoms with E-state index < -0.39 is 0 Å². The van der Waals surface area contributed by atoms with Gasteiger partial charge in [-0.05, 0) is 32.6 Å². The van der Waals surface area contributed by atoms with Crippen LogP contribution >= 0.6 is 35.3 Å². The predicted molar refractivity (Wildman–Crippen MR) is 129 cm³/mol. The molecule has 0 amide bonds. The standard InChI is InChI=1S/C19H31N7OS.HI/c1-3-15-14-23-17(28-15)9-11-22-18(20-4-2)21-10-7-13-26-19(27)25-12-6-5-8-16(25)24-26;/h14H,3-13H2,1-2H3,(H2,20,21,22);1H. The predicted octanol–water partition coefficient (Wildman–Crippen LogP) is 2.21. The van der Waals surface area contributed by atoms with Crippen LogP contribution in [0.15, 0.2) is 16.0 Å². The fraction of sp³-hybridized carbons (Fsp3) is 0.684. The Bertz CT molecular complexity index is 842. The Balaban J connectivity index is 0.00000300. The molecule has 2 aromatic heterocycles. The molecule has 0 aliphatic carbocycles. The highest BCUT2D eigenvalue weighted by molar-refractivity contribution is 14.0. The lowest BCUT2D eigenvalue weighted by Crippen LogP contribution is -2.38. The highest BCUT2D eigenvalue weighted by atomic mass is 127. The van der Waals surface area contributed by atoms with Crippen LogP contribution < -0.4 is 16.3 Å². The van der Waals surface area contributed by atoms with Gasteiger partial charge in [0.2, 0.25) is 0 Å². The second kappa shape index (κ2) is 12.3. The summed E-state index contributed by atoms with van der Waals surface area (Å²) in [5, 5.41) is 12.3. The molecular weight excluding hydrogens is 501 g/mol. The Morgan fingerprint density at radius 2 is 2.17 bits per heavy atom. The zero-order chi connectivity index (χ0) is 19.8. The van der Waals surface area contributed by atoms with Gasteiger partial charge in [0.1, 0.15) is 5.82 Å². The van der Waals surface area contributed by atoms with Crippen molar-refractivity contribution < 1.29 is 0 Å². The van der Waals surface area contributed by atoms with Crippen LogP contribution in [0.5, 0.6) is 0 Å². The van der Waals surface area contributed by atoms with Gasteiger partial charge in [0, 0.05) is 56.6 Å². The van der Waals surface area contributed by atoms with Gasteiger partial charge < -0.3 is 10.6 Å². The summed E-state index contributed by atoms with van der Waals surface area (Å²) in [7, 11) is 0. The van der Waals surface area contributed by atoms with Crippen molar-refractivity contribution in [2.45, 2.75) is 65.5 Å². The minimum Gasteiger partial charge on any atom is -0.357 e. The number of halogens is 1. The number of guanidine groups is 1. The average Bonchev–Trinajstić information content (AvgIpc) is 3.30. The van der Waals surface area contributed by atoms with Gasteiger partial charge in [-0.1, -0.05) is 6.92 Å². The number of thiazole rings is 1. The maximum atomic E-state index is 12.3. The number of nitrogens with zero attached hydrogens (tertiary/aromatic N) is 5. The third-order valence-corrected chi connectivity index (χ3v) is 5.96. The van der Waals surface area contributed by atoms with E-state index >= 15 is 0 Å². The zero-order valence-electron chi connectivity index (χ0n) is 17.3. The largest absolute Gasteiger partial charge is 0.357 e. The van der Waals surface area contributed by atoms with Crippen LogP contribution in [-0.2, 0) is 32.4 Å². The Morgan fingerprint density at radius 1 is 1.31 bits per heavy atom. The normalized spacial score (nSPS) is 13.7. The lowest BCUT2D eigenvalue weighted by atomic mass is 10.2. The summed E-state index contributed by atoms with van der Waals surface area (Å²) in [6.07, 6.45) is 7.80. The molecular formula is C19H32IN7OS. The van der Waals surface area contributed by atoms with Crippen LogP contribution in [0, 0.1) is 0 Å². The van der Waals surface area contributed by atoms with Crippen LogP contribution in [-0.4, -0.2) is 44.9 Å². The van der Waals surface area contributed by atoms with Gasteiger partial charge in [0.05, 0.1) is 5.01 Å². The van der Waals surface area contributed by atoms with E-state index in [1.165, 1.54) is 4.88 Å². The molecule has 3 rings (SSSR count). The molecule has 0 fully saturated rings. The topological polar surface area (TPSA) is 89.1 Å². The van der Waals surface area contributed by atoms with E-state index in [1.807, 2.05) is 10.8 Å². The number of rotatable bonds is 9. The van der Waals surface area contributed by atoms with E-state index in [0.717, 1.165) is 75.0 Å². The van der Waals surface area contributed by atoms with E-state index in [9.17, 15) is 4.79 Å². The number of hydrogen-bond donors (Lipinski definition) is 2. The molecule has 0 saturated heterocycles. The van der Waals surface area contributed by atoms with Crippen LogP contribution in [0.4, 0.5) is 0 Å². The van der Waals surface area contributed by atoms with Crippen LogP contribution in [0.3, 0.4) is 0 Å². The first-order chi connectivity index (χ1) is 13.7. The Labute approximate surface area is 193 Å². The minimum absolute atomic E-state index is 0. The summed E-state index contributed by atoms with van der Waals surface area (Å²) in [6.45, 7) is 7.90.